The van der Waals surface area contributed by atoms with Gasteiger partial charge in [-0.1, -0.05) is 6.07 Å². The van der Waals surface area contributed by atoms with Gasteiger partial charge in [-0.15, -0.1) is 0 Å². The van der Waals surface area contributed by atoms with Crippen LogP contribution in [0.2, 0.25) is 0 Å². The van der Waals surface area contributed by atoms with Crippen LogP contribution in [0.5, 0.6) is 0 Å². The fourth-order valence-electron chi connectivity index (χ4n) is 1.74. The Bertz CT molecular complexity index is 540. The van der Waals surface area contributed by atoms with Gasteiger partial charge in [0.05, 0.1) is 23.2 Å². The molecule has 0 spiro atoms. The number of nitrogen functional groups attached to an aromatic ring is 1. The summed E-state index contributed by atoms with van der Waals surface area (Å²) >= 11 is 0. The molecule has 2 rings (SSSR count). The van der Waals surface area contributed by atoms with E-state index in [1.807, 2.05) is 6.92 Å². The third kappa shape index (κ3) is 1.72. The number of rotatable bonds is 2. The van der Waals surface area contributed by atoms with Gasteiger partial charge in [0, 0.05) is 12.8 Å². The number of pyridine rings is 1. The van der Waals surface area contributed by atoms with E-state index in [2.05, 4.69) is 4.98 Å². The van der Waals surface area contributed by atoms with Crippen LogP contribution in [0.3, 0.4) is 0 Å². The highest BCUT2D eigenvalue weighted by molar-refractivity contribution is 5.92. The van der Waals surface area contributed by atoms with Crippen molar-refractivity contribution in [2.75, 3.05) is 12.8 Å². The Balaban J connectivity index is 2.76. The van der Waals surface area contributed by atoms with E-state index in [-0.39, 0.29) is 5.82 Å². The second-order valence-electron chi connectivity index (χ2n) is 3.72. The Labute approximate surface area is 93.0 Å². The van der Waals surface area contributed by atoms with Gasteiger partial charge in [0.2, 0.25) is 0 Å². The summed E-state index contributed by atoms with van der Waals surface area (Å²) in [6, 6.07) is 4.75. The van der Waals surface area contributed by atoms with E-state index in [9.17, 15) is 4.39 Å². The first-order valence-corrected chi connectivity index (χ1v) is 4.96. The minimum atomic E-state index is -0.338. The lowest BCUT2D eigenvalue weighted by molar-refractivity contribution is 0.182. The van der Waals surface area contributed by atoms with Gasteiger partial charge in [-0.05, 0) is 24.6 Å². The van der Waals surface area contributed by atoms with E-state index < -0.39 is 0 Å². The molecule has 2 N–H and O–H groups in total. The Morgan fingerprint density at radius 2 is 2.19 bits per heavy atom. The highest BCUT2D eigenvalue weighted by Gasteiger charge is 2.10. The number of ether oxygens (including phenoxy) is 1. The predicted octanol–water partition coefficient (Wildman–Crippen LogP) is 2.41. The summed E-state index contributed by atoms with van der Waals surface area (Å²) < 4.78 is 18.6. The number of nitrogens with zero attached hydrogens (tertiary/aromatic N) is 1. The molecule has 1 aromatic heterocycles. The number of benzene rings is 1. The first-order valence-electron chi connectivity index (χ1n) is 4.96. The fourth-order valence-corrected chi connectivity index (χ4v) is 1.74. The molecule has 16 heavy (non-hydrogen) atoms. The summed E-state index contributed by atoms with van der Waals surface area (Å²) in [6.45, 7) is 2.25. The van der Waals surface area contributed by atoms with Crippen LogP contribution in [0.1, 0.15) is 11.3 Å². The molecule has 4 heteroatoms. The number of fused-ring (bicyclic) bond motifs is 1. The zero-order valence-electron chi connectivity index (χ0n) is 9.25. The average Bonchev–Trinajstić information content (AvgIpc) is 2.23. The third-order valence-electron chi connectivity index (χ3n) is 2.49. The second-order valence-corrected chi connectivity index (χ2v) is 3.72. The van der Waals surface area contributed by atoms with Crippen molar-refractivity contribution in [3.8, 4) is 0 Å². The first-order chi connectivity index (χ1) is 7.63. The monoisotopic (exact) mass is 220 g/mol. The van der Waals surface area contributed by atoms with Crippen molar-refractivity contribution in [1.29, 1.82) is 0 Å². The number of halogens is 1. The number of nitrogens with two attached hydrogens (primary N) is 1. The zero-order chi connectivity index (χ0) is 11.7. The van der Waals surface area contributed by atoms with E-state index in [4.69, 9.17) is 10.5 Å². The molecule has 0 amide bonds. The van der Waals surface area contributed by atoms with Crippen molar-refractivity contribution in [3.05, 3.63) is 35.3 Å². The van der Waals surface area contributed by atoms with Crippen molar-refractivity contribution in [3.63, 3.8) is 0 Å². The SMILES string of the molecule is COCc1cc(N)c2c(F)ccc(C)c2n1. The van der Waals surface area contributed by atoms with Crippen LogP contribution in [-0.4, -0.2) is 12.1 Å². The molecule has 3 nitrogen and oxygen atoms in total. The van der Waals surface area contributed by atoms with Crippen LogP contribution in [0.25, 0.3) is 10.9 Å². The maximum Gasteiger partial charge on any atom is 0.134 e. The molecule has 0 radical (unpaired) electrons. The molecule has 0 aliphatic carbocycles. The van der Waals surface area contributed by atoms with Crippen LogP contribution in [0, 0.1) is 12.7 Å². The molecule has 0 saturated heterocycles. The molecule has 0 fully saturated rings. The maximum atomic E-state index is 13.6. The molecular formula is C12H13FN2O. The Morgan fingerprint density at radius 3 is 2.88 bits per heavy atom. The quantitative estimate of drug-likeness (QED) is 0.845. The maximum absolute atomic E-state index is 13.6. The molecule has 0 bridgehead atoms. The number of hydrogen-bond acceptors (Lipinski definition) is 3. The molecule has 0 aliphatic rings. The minimum Gasteiger partial charge on any atom is -0.398 e. The lowest BCUT2D eigenvalue weighted by Gasteiger charge is -2.08. The summed E-state index contributed by atoms with van der Waals surface area (Å²) in [4.78, 5) is 4.34. The Hall–Kier alpha value is -1.68. The number of hydrogen-bond donors (Lipinski definition) is 1. The summed E-state index contributed by atoms with van der Waals surface area (Å²) in [7, 11) is 1.58. The van der Waals surface area contributed by atoms with Gasteiger partial charge in [0.25, 0.3) is 0 Å². The van der Waals surface area contributed by atoms with Gasteiger partial charge in [-0.25, -0.2) is 9.37 Å². The lowest BCUT2D eigenvalue weighted by atomic mass is 10.1. The van der Waals surface area contributed by atoms with E-state index >= 15 is 0 Å². The van der Waals surface area contributed by atoms with Crippen LogP contribution in [-0.2, 0) is 11.3 Å². The van der Waals surface area contributed by atoms with Crippen LogP contribution >= 0.6 is 0 Å². The fraction of sp³-hybridized carbons (Fsp3) is 0.250. The number of methoxy groups -OCH3 is 1. The van der Waals surface area contributed by atoms with Gasteiger partial charge < -0.3 is 10.5 Å². The van der Waals surface area contributed by atoms with Gasteiger partial charge in [-0.3, -0.25) is 0 Å². The van der Waals surface area contributed by atoms with Crippen molar-refractivity contribution >= 4 is 16.6 Å². The van der Waals surface area contributed by atoms with Crippen LogP contribution in [0.15, 0.2) is 18.2 Å². The summed E-state index contributed by atoms with van der Waals surface area (Å²) in [5.74, 6) is -0.338. The van der Waals surface area contributed by atoms with Crippen molar-refractivity contribution in [2.24, 2.45) is 0 Å². The zero-order valence-corrected chi connectivity index (χ0v) is 9.25. The first kappa shape index (κ1) is 10.8. The molecule has 1 heterocycles. The molecule has 84 valence electrons. The van der Waals surface area contributed by atoms with E-state index in [1.165, 1.54) is 6.07 Å². The van der Waals surface area contributed by atoms with Crippen LogP contribution in [0.4, 0.5) is 10.1 Å². The van der Waals surface area contributed by atoms with Crippen molar-refractivity contribution in [1.82, 2.24) is 4.98 Å². The van der Waals surface area contributed by atoms with Crippen molar-refractivity contribution in [2.45, 2.75) is 13.5 Å². The molecule has 0 atom stereocenters. The summed E-state index contributed by atoms with van der Waals surface area (Å²) in [6.07, 6.45) is 0. The van der Waals surface area contributed by atoms with Gasteiger partial charge >= 0.3 is 0 Å². The molecule has 1 aromatic carbocycles. The van der Waals surface area contributed by atoms with E-state index in [1.54, 1.807) is 19.2 Å². The largest absolute Gasteiger partial charge is 0.398 e. The van der Waals surface area contributed by atoms with Gasteiger partial charge in [-0.2, -0.15) is 0 Å². The smallest absolute Gasteiger partial charge is 0.134 e. The molecule has 0 saturated carbocycles. The number of aryl methyl sites for hydroxylation is 1. The Kier molecular flexibility index (Phi) is 2.75. The molecule has 2 aromatic rings. The lowest BCUT2D eigenvalue weighted by Crippen LogP contribution is -1.99. The standard InChI is InChI=1S/C12H13FN2O/c1-7-3-4-9(13)11-10(14)5-8(6-16-2)15-12(7)11/h3-5H,6H2,1-2H3,(H2,14,15). The molecular weight excluding hydrogens is 207 g/mol. The van der Waals surface area contributed by atoms with Crippen LogP contribution < -0.4 is 5.73 Å². The van der Waals surface area contributed by atoms with Crippen molar-refractivity contribution < 1.29 is 9.13 Å². The topological polar surface area (TPSA) is 48.1 Å². The third-order valence-corrected chi connectivity index (χ3v) is 2.49. The van der Waals surface area contributed by atoms with Gasteiger partial charge in [0.15, 0.2) is 0 Å². The summed E-state index contributed by atoms with van der Waals surface area (Å²) in [5.41, 5.74) is 8.44. The predicted molar refractivity (Wildman–Crippen MR) is 61.6 cm³/mol. The highest BCUT2D eigenvalue weighted by atomic mass is 19.1. The van der Waals surface area contributed by atoms with E-state index in [0.29, 0.717) is 28.9 Å². The Morgan fingerprint density at radius 1 is 1.44 bits per heavy atom. The second kappa shape index (κ2) is 4.06. The summed E-state index contributed by atoms with van der Waals surface area (Å²) in [5, 5.41) is 0.389. The minimum absolute atomic E-state index is 0.338. The highest BCUT2D eigenvalue weighted by Crippen LogP contribution is 2.26. The molecule has 0 unspecified atom stereocenters. The normalized spacial score (nSPS) is 10.9. The average molecular weight is 220 g/mol. The number of aromatic nitrogens is 1. The number of anilines is 1. The van der Waals surface area contributed by atoms with Gasteiger partial charge in [0.1, 0.15) is 5.82 Å². The van der Waals surface area contributed by atoms with E-state index in [0.717, 1.165) is 5.56 Å². The molecule has 0 aliphatic heterocycles.